The number of carbonyl (C=O) groups excluding carboxylic acids is 2. The number of aryl methyl sites for hydroxylation is 1. The smallest absolute Gasteiger partial charge is 0.338 e. The highest BCUT2D eigenvalue weighted by Gasteiger charge is 2.14. The van der Waals surface area contributed by atoms with Crippen molar-refractivity contribution in [3.63, 3.8) is 0 Å². The minimum Gasteiger partial charge on any atom is -0.496 e. The van der Waals surface area contributed by atoms with E-state index < -0.39 is 5.97 Å². The molecule has 116 valence electrons. The Morgan fingerprint density at radius 1 is 1.24 bits per heavy atom. The monoisotopic (exact) mass is 293 g/mol. The molecule has 1 N–H and O–H groups in total. The number of amides is 1. The van der Waals surface area contributed by atoms with Crippen LogP contribution in [0.3, 0.4) is 0 Å². The van der Waals surface area contributed by atoms with Crippen molar-refractivity contribution in [3.8, 4) is 5.75 Å². The lowest BCUT2D eigenvalue weighted by Gasteiger charge is -2.17. The molecule has 0 spiro atoms. The predicted molar refractivity (Wildman–Crippen MR) is 80.5 cm³/mol. The summed E-state index contributed by atoms with van der Waals surface area (Å²) in [4.78, 5) is 23.5. The van der Waals surface area contributed by atoms with Crippen LogP contribution in [0.2, 0.25) is 0 Å². The van der Waals surface area contributed by atoms with Gasteiger partial charge in [-0.1, -0.05) is 19.9 Å². The van der Waals surface area contributed by atoms with E-state index in [1.165, 1.54) is 7.11 Å². The molecule has 0 fully saturated rings. The second-order valence-corrected chi connectivity index (χ2v) is 5.36. The fourth-order valence-electron chi connectivity index (χ4n) is 1.62. The van der Waals surface area contributed by atoms with Gasteiger partial charge in [0.15, 0.2) is 6.61 Å². The Bertz CT molecular complexity index is 511. The van der Waals surface area contributed by atoms with Gasteiger partial charge in [-0.05, 0) is 37.5 Å². The molecular formula is C16H23NO4. The number of hydrogen-bond acceptors (Lipinski definition) is 4. The van der Waals surface area contributed by atoms with Crippen molar-refractivity contribution >= 4 is 11.9 Å². The highest BCUT2D eigenvalue weighted by molar-refractivity contribution is 5.91. The number of ether oxygens (including phenoxy) is 2. The maximum Gasteiger partial charge on any atom is 0.338 e. The number of rotatable bonds is 6. The van der Waals surface area contributed by atoms with Gasteiger partial charge in [0.05, 0.1) is 12.7 Å². The molecule has 0 aliphatic heterocycles. The van der Waals surface area contributed by atoms with Crippen LogP contribution in [0, 0.1) is 12.8 Å². The standard InChI is InChI=1S/C16H23NO4/c1-10(2)12(4)17-15(18)9-21-16(19)13-7-6-11(3)14(8-13)20-5/h6-8,10,12H,9H2,1-5H3,(H,17,18)/t12-/m1/s1. The topological polar surface area (TPSA) is 64.6 Å². The molecule has 0 aliphatic carbocycles. The van der Waals surface area contributed by atoms with Crippen LogP contribution < -0.4 is 10.1 Å². The highest BCUT2D eigenvalue weighted by atomic mass is 16.5. The van der Waals surface area contributed by atoms with Gasteiger partial charge in [-0.25, -0.2) is 4.79 Å². The van der Waals surface area contributed by atoms with Gasteiger partial charge < -0.3 is 14.8 Å². The first-order chi connectivity index (χ1) is 9.85. The van der Waals surface area contributed by atoms with Crippen molar-refractivity contribution in [2.24, 2.45) is 5.92 Å². The molecule has 1 aromatic rings. The van der Waals surface area contributed by atoms with E-state index in [0.717, 1.165) is 5.56 Å². The number of methoxy groups -OCH3 is 1. The minimum absolute atomic E-state index is 0.0377. The third-order valence-electron chi connectivity index (χ3n) is 3.37. The van der Waals surface area contributed by atoms with Crippen LogP contribution in [0.4, 0.5) is 0 Å². The first kappa shape index (κ1) is 17.0. The van der Waals surface area contributed by atoms with Crippen LogP contribution in [0.15, 0.2) is 18.2 Å². The lowest BCUT2D eigenvalue weighted by atomic mass is 10.1. The van der Waals surface area contributed by atoms with Gasteiger partial charge >= 0.3 is 5.97 Å². The van der Waals surface area contributed by atoms with Crippen molar-refractivity contribution in [3.05, 3.63) is 29.3 Å². The molecule has 0 radical (unpaired) electrons. The van der Waals surface area contributed by atoms with E-state index in [-0.39, 0.29) is 18.6 Å². The van der Waals surface area contributed by atoms with E-state index in [9.17, 15) is 9.59 Å². The molecule has 21 heavy (non-hydrogen) atoms. The summed E-state index contributed by atoms with van der Waals surface area (Å²) in [6.45, 7) is 7.53. The van der Waals surface area contributed by atoms with Crippen LogP contribution in [0.1, 0.15) is 36.7 Å². The van der Waals surface area contributed by atoms with Crippen molar-refractivity contribution in [2.75, 3.05) is 13.7 Å². The number of nitrogens with one attached hydrogen (secondary N) is 1. The summed E-state index contributed by atoms with van der Waals surface area (Å²) < 4.78 is 10.2. The van der Waals surface area contributed by atoms with E-state index in [0.29, 0.717) is 17.2 Å². The Balaban J connectivity index is 2.56. The van der Waals surface area contributed by atoms with Gasteiger partial charge in [-0.15, -0.1) is 0 Å². The molecule has 0 unspecified atom stereocenters. The molecule has 0 heterocycles. The fraction of sp³-hybridized carbons (Fsp3) is 0.500. The first-order valence-corrected chi connectivity index (χ1v) is 6.96. The van der Waals surface area contributed by atoms with Gasteiger partial charge in [0.1, 0.15) is 5.75 Å². The molecule has 0 saturated carbocycles. The maximum atomic E-state index is 11.9. The lowest BCUT2D eigenvalue weighted by molar-refractivity contribution is -0.125. The fourth-order valence-corrected chi connectivity index (χ4v) is 1.62. The molecular weight excluding hydrogens is 270 g/mol. The number of hydrogen-bond donors (Lipinski definition) is 1. The average Bonchev–Trinajstić information content (AvgIpc) is 2.45. The van der Waals surface area contributed by atoms with Gasteiger partial charge in [-0.2, -0.15) is 0 Å². The van der Waals surface area contributed by atoms with Crippen LogP contribution in [0.25, 0.3) is 0 Å². The number of benzene rings is 1. The van der Waals surface area contributed by atoms with E-state index in [1.807, 2.05) is 27.7 Å². The summed E-state index contributed by atoms with van der Waals surface area (Å²) >= 11 is 0. The summed E-state index contributed by atoms with van der Waals surface area (Å²) in [7, 11) is 1.54. The van der Waals surface area contributed by atoms with Crippen LogP contribution in [-0.2, 0) is 9.53 Å². The molecule has 0 aliphatic rings. The van der Waals surface area contributed by atoms with Crippen molar-refractivity contribution in [1.29, 1.82) is 0 Å². The largest absolute Gasteiger partial charge is 0.496 e. The molecule has 1 aromatic carbocycles. The van der Waals surface area contributed by atoms with Crippen molar-refractivity contribution in [2.45, 2.75) is 33.7 Å². The van der Waals surface area contributed by atoms with E-state index in [4.69, 9.17) is 9.47 Å². The lowest BCUT2D eigenvalue weighted by Crippen LogP contribution is -2.38. The highest BCUT2D eigenvalue weighted by Crippen LogP contribution is 2.19. The SMILES string of the molecule is COc1cc(C(=O)OCC(=O)N[C@H](C)C(C)C)ccc1C. The molecule has 0 aromatic heterocycles. The normalized spacial score (nSPS) is 11.9. The van der Waals surface area contributed by atoms with Crippen LogP contribution in [0.5, 0.6) is 5.75 Å². The molecule has 0 saturated heterocycles. The zero-order valence-corrected chi connectivity index (χ0v) is 13.2. The zero-order valence-electron chi connectivity index (χ0n) is 13.2. The van der Waals surface area contributed by atoms with Crippen LogP contribution in [-0.4, -0.2) is 31.6 Å². The molecule has 5 heteroatoms. The second-order valence-electron chi connectivity index (χ2n) is 5.36. The molecule has 5 nitrogen and oxygen atoms in total. The van der Waals surface area contributed by atoms with Gasteiger partial charge in [0.25, 0.3) is 5.91 Å². The Morgan fingerprint density at radius 2 is 1.90 bits per heavy atom. The number of esters is 1. The van der Waals surface area contributed by atoms with Crippen LogP contribution >= 0.6 is 0 Å². The first-order valence-electron chi connectivity index (χ1n) is 6.96. The summed E-state index contributed by atoms with van der Waals surface area (Å²) in [6, 6.07) is 5.06. The third-order valence-corrected chi connectivity index (χ3v) is 3.37. The minimum atomic E-state index is -0.541. The Morgan fingerprint density at radius 3 is 2.48 bits per heavy atom. The number of carbonyl (C=O) groups is 2. The van der Waals surface area contributed by atoms with Crippen molar-refractivity contribution in [1.82, 2.24) is 5.32 Å². The summed E-state index contributed by atoms with van der Waals surface area (Å²) in [6.07, 6.45) is 0. The summed E-state index contributed by atoms with van der Waals surface area (Å²) in [5.74, 6) is 0.0950. The van der Waals surface area contributed by atoms with E-state index in [2.05, 4.69) is 5.32 Å². The molecule has 1 atom stereocenters. The average molecular weight is 293 g/mol. The van der Waals surface area contributed by atoms with Gasteiger partial charge in [0, 0.05) is 6.04 Å². The van der Waals surface area contributed by atoms with E-state index in [1.54, 1.807) is 18.2 Å². The van der Waals surface area contributed by atoms with E-state index >= 15 is 0 Å². The van der Waals surface area contributed by atoms with Gasteiger partial charge in [-0.3, -0.25) is 4.79 Å². The van der Waals surface area contributed by atoms with Gasteiger partial charge in [0.2, 0.25) is 0 Å². The summed E-state index contributed by atoms with van der Waals surface area (Å²) in [5.41, 5.74) is 1.29. The maximum absolute atomic E-state index is 11.9. The summed E-state index contributed by atoms with van der Waals surface area (Å²) in [5, 5.41) is 2.78. The Labute approximate surface area is 125 Å². The molecule has 1 rings (SSSR count). The Kier molecular flexibility index (Phi) is 6.21. The van der Waals surface area contributed by atoms with Crippen molar-refractivity contribution < 1.29 is 19.1 Å². The molecule has 0 bridgehead atoms. The second kappa shape index (κ2) is 7.67. The quantitative estimate of drug-likeness (QED) is 0.818. The molecule has 1 amide bonds. The predicted octanol–water partition coefficient (Wildman–Crippen LogP) is 2.32. The third kappa shape index (κ3) is 5.10. The Hall–Kier alpha value is -2.04. The zero-order chi connectivity index (χ0) is 16.0.